The molecule has 1 aromatic heterocycles. The zero-order valence-electron chi connectivity index (χ0n) is 8.61. The van der Waals surface area contributed by atoms with Crippen molar-refractivity contribution in [2.75, 3.05) is 0 Å². The molecule has 0 aliphatic heterocycles. The van der Waals surface area contributed by atoms with Crippen LogP contribution in [0.2, 0.25) is 5.02 Å². The Morgan fingerprint density at radius 3 is 2.71 bits per heavy atom. The van der Waals surface area contributed by atoms with Gasteiger partial charge in [0.15, 0.2) is 0 Å². The van der Waals surface area contributed by atoms with Gasteiger partial charge in [0.05, 0.1) is 10.6 Å². The van der Waals surface area contributed by atoms with E-state index in [0.29, 0.717) is 16.1 Å². The lowest BCUT2D eigenvalue weighted by Gasteiger charge is -2.04. The molecule has 3 N–H and O–H groups in total. The highest BCUT2D eigenvalue weighted by atomic mass is 35.5. The van der Waals surface area contributed by atoms with E-state index in [9.17, 15) is 9.59 Å². The quantitative estimate of drug-likeness (QED) is 0.838. The number of nitrogens with two attached hydrogens (primary N) is 1. The van der Waals surface area contributed by atoms with E-state index in [1.54, 1.807) is 18.2 Å². The number of aromatic amines is 1. The van der Waals surface area contributed by atoms with Crippen molar-refractivity contribution in [2.24, 2.45) is 5.73 Å². The zero-order valence-corrected chi connectivity index (χ0v) is 9.36. The van der Waals surface area contributed by atoms with E-state index in [2.05, 4.69) is 9.97 Å². The molecule has 2 aromatic rings. The number of benzene rings is 1. The van der Waals surface area contributed by atoms with Crippen molar-refractivity contribution in [3.63, 3.8) is 0 Å². The van der Waals surface area contributed by atoms with Gasteiger partial charge < -0.3 is 10.7 Å². The summed E-state index contributed by atoms with van der Waals surface area (Å²) in [6, 6.07) is 4.84. The molecule has 17 heavy (non-hydrogen) atoms. The Hall–Kier alpha value is -2.14. The van der Waals surface area contributed by atoms with Gasteiger partial charge in [-0.05, 0) is 17.7 Å². The van der Waals surface area contributed by atoms with Gasteiger partial charge in [0.2, 0.25) is 5.91 Å². The maximum absolute atomic E-state index is 11.1. The van der Waals surface area contributed by atoms with Crippen LogP contribution in [0.25, 0.3) is 11.1 Å². The highest BCUT2D eigenvalue weighted by Crippen LogP contribution is 2.23. The third-order valence-corrected chi connectivity index (χ3v) is 2.57. The minimum atomic E-state index is -0.603. The Morgan fingerprint density at radius 1 is 1.35 bits per heavy atom. The molecular weight excluding hydrogens is 242 g/mol. The predicted molar refractivity (Wildman–Crippen MR) is 63.8 cm³/mol. The van der Waals surface area contributed by atoms with Crippen molar-refractivity contribution >= 4 is 17.5 Å². The number of hydrogen-bond acceptors (Lipinski definition) is 3. The molecule has 6 heteroatoms. The number of nitrogens with one attached hydrogen (secondary N) is 1. The molecule has 0 radical (unpaired) electrons. The van der Waals surface area contributed by atoms with E-state index in [-0.39, 0.29) is 5.56 Å². The number of carbonyl (C=O) groups is 1. The monoisotopic (exact) mass is 249 g/mol. The summed E-state index contributed by atoms with van der Waals surface area (Å²) in [6.45, 7) is 0. The topological polar surface area (TPSA) is 88.8 Å². The van der Waals surface area contributed by atoms with E-state index in [4.69, 9.17) is 17.3 Å². The van der Waals surface area contributed by atoms with Gasteiger partial charge in [-0.15, -0.1) is 0 Å². The van der Waals surface area contributed by atoms with E-state index >= 15 is 0 Å². The van der Waals surface area contributed by atoms with Crippen LogP contribution in [0.3, 0.4) is 0 Å². The molecule has 0 aliphatic rings. The molecular formula is C11H8ClN3O2. The number of H-pyrrole nitrogens is 1. The number of halogens is 1. The molecule has 0 bridgehead atoms. The number of aromatic nitrogens is 2. The van der Waals surface area contributed by atoms with E-state index in [1.807, 2.05) is 0 Å². The summed E-state index contributed by atoms with van der Waals surface area (Å²) in [5.74, 6) is -0.603. The summed E-state index contributed by atoms with van der Waals surface area (Å²) in [5.41, 5.74) is 6.36. The van der Waals surface area contributed by atoms with Gasteiger partial charge >= 0.3 is 5.69 Å². The van der Waals surface area contributed by atoms with Crippen LogP contribution in [0.15, 0.2) is 35.4 Å². The molecule has 5 nitrogen and oxygen atoms in total. The fourth-order valence-corrected chi connectivity index (χ4v) is 1.60. The molecule has 1 aromatic carbocycles. The minimum absolute atomic E-state index is 0.232. The molecule has 2 rings (SSSR count). The summed E-state index contributed by atoms with van der Waals surface area (Å²) in [5, 5.41) is 0.290. The van der Waals surface area contributed by atoms with Crippen LogP contribution in [-0.4, -0.2) is 15.9 Å². The van der Waals surface area contributed by atoms with Crippen LogP contribution in [0.5, 0.6) is 0 Å². The Morgan fingerprint density at radius 2 is 2.12 bits per heavy atom. The van der Waals surface area contributed by atoms with Crippen LogP contribution in [0.4, 0.5) is 0 Å². The number of carbonyl (C=O) groups excluding carboxylic acids is 1. The molecule has 0 atom stereocenters. The summed E-state index contributed by atoms with van der Waals surface area (Å²) in [6.07, 6.45) is 2.91. The van der Waals surface area contributed by atoms with Crippen molar-refractivity contribution in [3.8, 4) is 11.1 Å². The molecule has 0 saturated heterocycles. The van der Waals surface area contributed by atoms with Crippen LogP contribution >= 0.6 is 11.6 Å². The maximum atomic E-state index is 11.1. The van der Waals surface area contributed by atoms with Gasteiger partial charge in [0.1, 0.15) is 0 Å². The van der Waals surface area contributed by atoms with Gasteiger partial charge in [-0.1, -0.05) is 17.7 Å². The van der Waals surface area contributed by atoms with Gasteiger partial charge in [0.25, 0.3) is 0 Å². The zero-order chi connectivity index (χ0) is 12.4. The van der Waals surface area contributed by atoms with Crippen LogP contribution in [0.1, 0.15) is 10.4 Å². The number of primary amides is 1. The van der Waals surface area contributed by atoms with Gasteiger partial charge in [-0.3, -0.25) is 4.79 Å². The molecule has 1 heterocycles. The number of hydrogen-bond donors (Lipinski definition) is 2. The maximum Gasteiger partial charge on any atom is 0.344 e. The summed E-state index contributed by atoms with van der Waals surface area (Å²) in [7, 11) is 0. The van der Waals surface area contributed by atoms with Crippen molar-refractivity contribution < 1.29 is 4.79 Å². The highest BCUT2D eigenvalue weighted by molar-refractivity contribution is 6.33. The summed E-state index contributed by atoms with van der Waals surface area (Å²) >= 11 is 5.83. The summed E-state index contributed by atoms with van der Waals surface area (Å²) in [4.78, 5) is 28.0. The molecule has 0 aliphatic carbocycles. The average Bonchev–Trinajstić information content (AvgIpc) is 2.30. The molecule has 86 valence electrons. The normalized spacial score (nSPS) is 10.2. The Kier molecular flexibility index (Phi) is 2.93. The Labute approximate surface area is 101 Å². The first-order valence-corrected chi connectivity index (χ1v) is 5.10. The molecule has 0 spiro atoms. The lowest BCUT2D eigenvalue weighted by atomic mass is 10.1. The smallest absolute Gasteiger partial charge is 0.344 e. The van der Waals surface area contributed by atoms with Crippen LogP contribution in [0, 0.1) is 0 Å². The predicted octanol–water partition coefficient (Wildman–Crippen LogP) is 1.19. The van der Waals surface area contributed by atoms with Crippen LogP contribution < -0.4 is 11.4 Å². The van der Waals surface area contributed by atoms with Crippen molar-refractivity contribution in [1.29, 1.82) is 0 Å². The first-order chi connectivity index (χ1) is 8.08. The molecule has 0 fully saturated rings. The van der Waals surface area contributed by atoms with E-state index in [1.165, 1.54) is 12.4 Å². The van der Waals surface area contributed by atoms with Gasteiger partial charge in [-0.25, -0.2) is 9.78 Å². The largest absolute Gasteiger partial charge is 0.366 e. The summed E-state index contributed by atoms with van der Waals surface area (Å²) < 4.78 is 0. The number of amides is 1. The Balaban J connectivity index is 2.53. The van der Waals surface area contributed by atoms with E-state index in [0.717, 1.165) is 0 Å². The van der Waals surface area contributed by atoms with Gasteiger partial charge in [0, 0.05) is 18.0 Å². The Bertz CT molecular complexity index is 616. The molecule has 0 unspecified atom stereocenters. The third kappa shape index (κ3) is 2.34. The van der Waals surface area contributed by atoms with E-state index < -0.39 is 11.6 Å². The van der Waals surface area contributed by atoms with Crippen molar-refractivity contribution in [3.05, 3.63) is 51.7 Å². The molecule has 0 saturated carbocycles. The first-order valence-electron chi connectivity index (χ1n) is 4.72. The number of rotatable bonds is 2. The average molecular weight is 250 g/mol. The van der Waals surface area contributed by atoms with Crippen molar-refractivity contribution in [2.45, 2.75) is 0 Å². The minimum Gasteiger partial charge on any atom is -0.366 e. The standard InChI is InChI=1S/C11H8ClN3O2/c12-9-2-1-6(3-8(9)10(13)16)7-4-14-11(17)15-5-7/h1-5H,(H2,13,16)(H,14,15,17). The fourth-order valence-electron chi connectivity index (χ4n) is 1.39. The van der Waals surface area contributed by atoms with Crippen molar-refractivity contribution in [1.82, 2.24) is 9.97 Å². The highest BCUT2D eigenvalue weighted by Gasteiger charge is 2.08. The van der Waals surface area contributed by atoms with Gasteiger partial charge in [-0.2, -0.15) is 0 Å². The SMILES string of the molecule is NC(=O)c1cc(-c2cnc(=O)[nH]c2)ccc1Cl. The second kappa shape index (κ2) is 4.39. The number of nitrogens with zero attached hydrogens (tertiary/aromatic N) is 1. The van der Waals surface area contributed by atoms with Crippen LogP contribution in [-0.2, 0) is 0 Å². The second-order valence-corrected chi connectivity index (χ2v) is 3.77. The third-order valence-electron chi connectivity index (χ3n) is 2.24. The second-order valence-electron chi connectivity index (χ2n) is 3.37. The lowest BCUT2D eigenvalue weighted by molar-refractivity contribution is 0.100. The lowest BCUT2D eigenvalue weighted by Crippen LogP contribution is -2.12. The molecule has 1 amide bonds. The first kappa shape index (κ1) is 11.3. The fraction of sp³-hybridized carbons (Fsp3) is 0.